The Bertz CT molecular complexity index is 639. The monoisotopic (exact) mass is 296 g/mol. The fraction of sp³-hybridized carbons (Fsp3) is 0.385. The highest BCUT2D eigenvalue weighted by atomic mass is 32.2. The van der Waals surface area contributed by atoms with Crippen molar-refractivity contribution in [3.8, 4) is 11.5 Å². The van der Waals surface area contributed by atoms with Crippen LogP contribution in [-0.4, -0.2) is 43.1 Å². The smallest absolute Gasteiger partial charge is 0.325 e. The second-order valence-corrected chi connectivity index (χ2v) is 4.73. The molecule has 2 rings (SSSR count). The van der Waals surface area contributed by atoms with Crippen LogP contribution >= 0.6 is 11.8 Å². The Labute approximate surface area is 121 Å². The Hall–Kier alpha value is -1.89. The van der Waals surface area contributed by atoms with E-state index >= 15 is 0 Å². The third-order valence-corrected chi connectivity index (χ3v) is 3.59. The van der Waals surface area contributed by atoms with Crippen LogP contribution in [0, 0.1) is 0 Å². The second kappa shape index (κ2) is 6.04. The maximum absolute atomic E-state index is 11.5. The van der Waals surface area contributed by atoms with E-state index < -0.39 is 0 Å². The van der Waals surface area contributed by atoms with Crippen LogP contribution in [0.15, 0.2) is 17.3 Å². The van der Waals surface area contributed by atoms with Crippen molar-refractivity contribution in [3.63, 3.8) is 0 Å². The number of methoxy groups -OCH3 is 3. The summed E-state index contributed by atoms with van der Waals surface area (Å²) >= 11 is 1.46. The molecule has 0 aliphatic rings. The fourth-order valence-corrected chi connectivity index (χ4v) is 2.50. The molecule has 0 aliphatic carbocycles. The minimum absolute atomic E-state index is 0.110. The minimum atomic E-state index is -0.325. The van der Waals surface area contributed by atoms with E-state index in [-0.39, 0.29) is 12.5 Å². The number of ether oxygens (including phenoxy) is 3. The first-order chi connectivity index (χ1) is 9.64. The normalized spacial score (nSPS) is 10.6. The van der Waals surface area contributed by atoms with Gasteiger partial charge < -0.3 is 18.8 Å². The quantitative estimate of drug-likeness (QED) is 0.621. The summed E-state index contributed by atoms with van der Waals surface area (Å²) in [7, 11) is 4.51. The summed E-state index contributed by atoms with van der Waals surface area (Å²) in [5.74, 6) is 0.878. The van der Waals surface area contributed by atoms with Gasteiger partial charge in [0.1, 0.15) is 6.54 Å². The lowest BCUT2D eigenvalue weighted by atomic mass is 10.2. The standard InChI is InChI=1S/C13H16N2O4S/c1-17-10-5-8-9(6-11(10)18-2)15(7-12(16)19-3)13(14-8)20-4/h5-6H,7H2,1-4H3. The number of carbonyl (C=O) groups excluding carboxylic acids is 1. The number of hydrogen-bond acceptors (Lipinski definition) is 6. The highest BCUT2D eigenvalue weighted by Gasteiger charge is 2.16. The molecule has 0 atom stereocenters. The summed E-state index contributed by atoms with van der Waals surface area (Å²) in [6.45, 7) is 0.110. The van der Waals surface area contributed by atoms with Gasteiger partial charge in [-0.25, -0.2) is 4.98 Å². The topological polar surface area (TPSA) is 62.6 Å². The van der Waals surface area contributed by atoms with Crippen molar-refractivity contribution in [1.82, 2.24) is 9.55 Å². The molecule has 7 heteroatoms. The van der Waals surface area contributed by atoms with Crippen molar-refractivity contribution in [1.29, 1.82) is 0 Å². The lowest BCUT2D eigenvalue weighted by Gasteiger charge is -2.09. The third kappa shape index (κ3) is 2.53. The van der Waals surface area contributed by atoms with Crippen LogP contribution in [0.25, 0.3) is 11.0 Å². The van der Waals surface area contributed by atoms with Gasteiger partial charge in [0.25, 0.3) is 0 Å². The number of imidazole rings is 1. The number of benzene rings is 1. The predicted molar refractivity (Wildman–Crippen MR) is 76.6 cm³/mol. The number of rotatable bonds is 5. The lowest BCUT2D eigenvalue weighted by molar-refractivity contribution is -0.141. The molecule has 2 aromatic rings. The van der Waals surface area contributed by atoms with E-state index in [2.05, 4.69) is 4.98 Å². The molecule has 1 aromatic carbocycles. The molecule has 1 aromatic heterocycles. The number of carbonyl (C=O) groups is 1. The van der Waals surface area contributed by atoms with Gasteiger partial charge >= 0.3 is 5.97 Å². The molecular weight excluding hydrogens is 280 g/mol. The number of aromatic nitrogens is 2. The average molecular weight is 296 g/mol. The van der Waals surface area contributed by atoms with Gasteiger partial charge in [-0.3, -0.25) is 4.79 Å². The van der Waals surface area contributed by atoms with Gasteiger partial charge in [-0.1, -0.05) is 11.8 Å². The molecule has 6 nitrogen and oxygen atoms in total. The number of thioether (sulfide) groups is 1. The van der Waals surface area contributed by atoms with Crippen LogP contribution in [0.1, 0.15) is 0 Å². The van der Waals surface area contributed by atoms with Crippen molar-refractivity contribution in [3.05, 3.63) is 12.1 Å². The van der Waals surface area contributed by atoms with Gasteiger partial charge in [-0.05, 0) is 6.26 Å². The maximum atomic E-state index is 11.5. The zero-order chi connectivity index (χ0) is 14.7. The minimum Gasteiger partial charge on any atom is -0.493 e. The molecular formula is C13H16N2O4S. The van der Waals surface area contributed by atoms with Crippen LogP contribution in [0.4, 0.5) is 0 Å². The van der Waals surface area contributed by atoms with Gasteiger partial charge in [0.05, 0.1) is 32.4 Å². The molecule has 0 radical (unpaired) electrons. The summed E-state index contributed by atoms with van der Waals surface area (Å²) in [5.41, 5.74) is 1.55. The Morgan fingerprint density at radius 2 is 1.90 bits per heavy atom. The molecule has 1 heterocycles. The fourth-order valence-electron chi connectivity index (χ4n) is 1.93. The first kappa shape index (κ1) is 14.5. The molecule has 0 N–H and O–H groups in total. The molecule has 0 saturated heterocycles. The van der Waals surface area contributed by atoms with Crippen LogP contribution in [0.5, 0.6) is 11.5 Å². The van der Waals surface area contributed by atoms with E-state index in [0.717, 1.165) is 16.2 Å². The largest absolute Gasteiger partial charge is 0.493 e. The number of esters is 1. The van der Waals surface area contributed by atoms with E-state index in [9.17, 15) is 4.79 Å². The van der Waals surface area contributed by atoms with Crippen molar-refractivity contribution in [2.24, 2.45) is 0 Å². The Balaban J connectivity index is 2.62. The average Bonchev–Trinajstić information content (AvgIpc) is 2.82. The van der Waals surface area contributed by atoms with Crippen LogP contribution in [0.2, 0.25) is 0 Å². The van der Waals surface area contributed by atoms with E-state index in [0.29, 0.717) is 11.5 Å². The molecule has 0 fully saturated rings. The second-order valence-electron chi connectivity index (χ2n) is 3.96. The molecule has 0 unspecified atom stereocenters. The summed E-state index contributed by atoms with van der Waals surface area (Å²) < 4.78 is 17.1. The van der Waals surface area contributed by atoms with Gasteiger partial charge in [0.15, 0.2) is 16.7 Å². The van der Waals surface area contributed by atoms with Gasteiger partial charge in [0.2, 0.25) is 0 Å². The first-order valence-corrected chi connectivity index (χ1v) is 7.10. The summed E-state index contributed by atoms with van der Waals surface area (Å²) in [4.78, 5) is 16.0. The van der Waals surface area contributed by atoms with Gasteiger partial charge in [0, 0.05) is 12.1 Å². The van der Waals surface area contributed by atoms with Gasteiger partial charge in [-0.15, -0.1) is 0 Å². The van der Waals surface area contributed by atoms with Gasteiger partial charge in [-0.2, -0.15) is 0 Å². The predicted octanol–water partition coefficient (Wildman–Crippen LogP) is 1.95. The molecule has 0 aliphatic heterocycles. The Morgan fingerprint density at radius 1 is 1.25 bits per heavy atom. The highest BCUT2D eigenvalue weighted by molar-refractivity contribution is 7.98. The number of fused-ring (bicyclic) bond motifs is 1. The van der Waals surface area contributed by atoms with E-state index in [4.69, 9.17) is 14.2 Å². The third-order valence-electron chi connectivity index (χ3n) is 2.92. The zero-order valence-corrected chi connectivity index (χ0v) is 12.6. The Morgan fingerprint density at radius 3 is 2.45 bits per heavy atom. The maximum Gasteiger partial charge on any atom is 0.325 e. The van der Waals surface area contributed by atoms with E-state index in [1.54, 1.807) is 24.9 Å². The molecule has 0 bridgehead atoms. The SMILES string of the molecule is COC(=O)Cn1c(SC)nc2cc(OC)c(OC)cc21. The molecule has 0 amide bonds. The Kier molecular flexibility index (Phi) is 4.39. The van der Waals surface area contributed by atoms with Crippen LogP contribution in [-0.2, 0) is 16.1 Å². The number of hydrogen-bond donors (Lipinski definition) is 0. The van der Waals surface area contributed by atoms with Crippen molar-refractivity contribution in [2.45, 2.75) is 11.7 Å². The lowest BCUT2D eigenvalue weighted by Crippen LogP contribution is -2.12. The molecule has 108 valence electrons. The molecule has 20 heavy (non-hydrogen) atoms. The zero-order valence-electron chi connectivity index (χ0n) is 11.8. The summed E-state index contributed by atoms with van der Waals surface area (Å²) in [5, 5.41) is 0.737. The molecule has 0 spiro atoms. The van der Waals surface area contributed by atoms with Crippen molar-refractivity contribution >= 4 is 28.8 Å². The summed E-state index contributed by atoms with van der Waals surface area (Å²) in [6.07, 6.45) is 1.91. The van der Waals surface area contributed by atoms with E-state index in [1.165, 1.54) is 18.9 Å². The highest BCUT2D eigenvalue weighted by Crippen LogP contribution is 2.33. The summed E-state index contributed by atoms with van der Waals surface area (Å²) in [6, 6.07) is 3.60. The first-order valence-electron chi connectivity index (χ1n) is 5.87. The molecule has 0 saturated carbocycles. The number of nitrogens with zero attached hydrogens (tertiary/aromatic N) is 2. The van der Waals surface area contributed by atoms with Crippen LogP contribution in [0.3, 0.4) is 0 Å². The van der Waals surface area contributed by atoms with Crippen LogP contribution < -0.4 is 9.47 Å². The van der Waals surface area contributed by atoms with E-state index in [1.807, 2.05) is 12.3 Å². The van der Waals surface area contributed by atoms with Crippen molar-refractivity contribution < 1.29 is 19.0 Å². The van der Waals surface area contributed by atoms with Crippen molar-refractivity contribution in [2.75, 3.05) is 27.6 Å².